The molecule has 82 valence electrons. The van der Waals surface area contributed by atoms with Crippen LogP contribution in [0, 0.1) is 6.92 Å². The van der Waals surface area contributed by atoms with E-state index in [0.29, 0.717) is 12.2 Å². The van der Waals surface area contributed by atoms with Crippen molar-refractivity contribution in [3.8, 4) is 0 Å². The normalized spacial score (nSPS) is 10.1. The van der Waals surface area contributed by atoms with Gasteiger partial charge in [0.05, 0.1) is 12.2 Å². The van der Waals surface area contributed by atoms with E-state index in [1.165, 1.54) is 0 Å². The van der Waals surface area contributed by atoms with Crippen molar-refractivity contribution < 1.29 is 9.53 Å². The van der Waals surface area contributed by atoms with Crippen molar-refractivity contribution in [1.29, 1.82) is 0 Å². The van der Waals surface area contributed by atoms with Gasteiger partial charge in [-0.2, -0.15) is 0 Å². The summed E-state index contributed by atoms with van der Waals surface area (Å²) in [4.78, 5) is 11.5. The predicted molar refractivity (Wildman–Crippen MR) is 64.1 cm³/mol. The highest BCUT2D eigenvalue weighted by Gasteiger charge is 2.07. The van der Waals surface area contributed by atoms with Crippen LogP contribution in [-0.4, -0.2) is 12.6 Å². The number of carbonyl (C=O) groups excluding carboxylic acids is 1. The van der Waals surface area contributed by atoms with E-state index < -0.39 is 0 Å². The zero-order chi connectivity index (χ0) is 11.3. The Bertz CT molecular complexity index is 347. The van der Waals surface area contributed by atoms with E-state index in [2.05, 4.69) is 22.9 Å². The minimum atomic E-state index is -0.237. The number of hydrogen-bond donors (Lipinski definition) is 0. The Labute approximate surface area is 98.8 Å². The Balaban J connectivity index is 2.62. The summed E-state index contributed by atoms with van der Waals surface area (Å²) in [5.74, 6) is -0.237. The minimum absolute atomic E-state index is 0.237. The predicted octanol–water partition coefficient (Wildman–Crippen LogP) is 3.71. The van der Waals surface area contributed by atoms with Crippen molar-refractivity contribution >= 4 is 21.9 Å². The molecule has 0 unspecified atom stereocenters. The molecule has 3 heteroatoms. The molecule has 0 aliphatic carbocycles. The third-order valence-corrected chi connectivity index (χ3v) is 3.01. The molecule has 0 fully saturated rings. The Kier molecular flexibility index (Phi) is 4.82. The van der Waals surface area contributed by atoms with Gasteiger partial charge in [-0.1, -0.05) is 29.3 Å². The fourth-order valence-electron chi connectivity index (χ4n) is 1.16. The number of unbranched alkanes of at least 4 members (excludes halogenated alkanes) is 1. The number of ether oxygens (including phenoxy) is 1. The van der Waals surface area contributed by atoms with Gasteiger partial charge in [-0.15, -0.1) is 0 Å². The van der Waals surface area contributed by atoms with Crippen LogP contribution < -0.4 is 0 Å². The zero-order valence-electron chi connectivity index (χ0n) is 9.05. The summed E-state index contributed by atoms with van der Waals surface area (Å²) in [6.45, 7) is 4.52. The van der Waals surface area contributed by atoms with Gasteiger partial charge in [-0.05, 0) is 37.1 Å². The Hall–Kier alpha value is -0.830. The first kappa shape index (κ1) is 12.2. The lowest BCUT2D eigenvalue weighted by molar-refractivity contribution is 0.0499. The van der Waals surface area contributed by atoms with Gasteiger partial charge in [0.1, 0.15) is 0 Å². The molecule has 1 aromatic rings. The van der Waals surface area contributed by atoms with Crippen molar-refractivity contribution in [1.82, 2.24) is 0 Å². The van der Waals surface area contributed by atoms with Crippen molar-refractivity contribution in [3.63, 3.8) is 0 Å². The van der Waals surface area contributed by atoms with Gasteiger partial charge in [0, 0.05) is 4.47 Å². The molecule has 0 N–H and O–H groups in total. The molecule has 0 aromatic heterocycles. The maximum absolute atomic E-state index is 11.5. The van der Waals surface area contributed by atoms with Crippen LogP contribution in [0.4, 0.5) is 0 Å². The highest BCUT2D eigenvalue weighted by atomic mass is 79.9. The number of aryl methyl sites for hydroxylation is 1. The molecule has 0 bridgehead atoms. The fraction of sp³-hybridized carbons (Fsp3) is 0.417. The molecule has 0 atom stereocenters. The van der Waals surface area contributed by atoms with Crippen molar-refractivity contribution in [2.45, 2.75) is 26.7 Å². The van der Waals surface area contributed by atoms with Gasteiger partial charge >= 0.3 is 5.97 Å². The van der Waals surface area contributed by atoms with Crippen LogP contribution in [0.15, 0.2) is 22.7 Å². The van der Waals surface area contributed by atoms with Gasteiger partial charge in [0.25, 0.3) is 0 Å². The molecular weight excluding hydrogens is 256 g/mol. The highest BCUT2D eigenvalue weighted by molar-refractivity contribution is 9.10. The molecule has 1 rings (SSSR count). The second-order valence-corrected chi connectivity index (χ2v) is 4.31. The monoisotopic (exact) mass is 270 g/mol. The van der Waals surface area contributed by atoms with E-state index >= 15 is 0 Å². The number of benzene rings is 1. The number of carbonyl (C=O) groups is 1. The molecule has 0 radical (unpaired) electrons. The van der Waals surface area contributed by atoms with Crippen LogP contribution in [0.2, 0.25) is 0 Å². The lowest BCUT2D eigenvalue weighted by Crippen LogP contribution is -2.06. The van der Waals surface area contributed by atoms with Gasteiger partial charge < -0.3 is 4.74 Å². The molecule has 0 saturated heterocycles. The van der Waals surface area contributed by atoms with Gasteiger partial charge in [-0.3, -0.25) is 0 Å². The summed E-state index contributed by atoms with van der Waals surface area (Å²) in [7, 11) is 0. The average Bonchev–Trinajstić information content (AvgIpc) is 2.22. The number of esters is 1. The summed E-state index contributed by atoms with van der Waals surface area (Å²) in [5.41, 5.74) is 1.66. The Morgan fingerprint density at radius 2 is 2.20 bits per heavy atom. The van der Waals surface area contributed by atoms with Crippen molar-refractivity contribution in [2.24, 2.45) is 0 Å². The second kappa shape index (κ2) is 5.91. The van der Waals surface area contributed by atoms with E-state index in [1.54, 1.807) is 6.07 Å². The lowest BCUT2D eigenvalue weighted by Gasteiger charge is -2.05. The highest BCUT2D eigenvalue weighted by Crippen LogP contribution is 2.17. The van der Waals surface area contributed by atoms with Crippen LogP contribution in [0.25, 0.3) is 0 Å². The Morgan fingerprint density at radius 3 is 2.80 bits per heavy atom. The topological polar surface area (TPSA) is 26.3 Å². The first-order valence-corrected chi connectivity index (χ1v) is 5.87. The quantitative estimate of drug-likeness (QED) is 0.616. The lowest BCUT2D eigenvalue weighted by atomic mass is 10.1. The SMILES string of the molecule is CCCCOC(=O)c1ccc(Br)c(C)c1. The van der Waals surface area contributed by atoms with Crippen molar-refractivity contribution in [3.05, 3.63) is 33.8 Å². The summed E-state index contributed by atoms with van der Waals surface area (Å²) in [5, 5.41) is 0. The molecule has 0 aliphatic heterocycles. The van der Waals surface area contributed by atoms with Crippen LogP contribution in [0.3, 0.4) is 0 Å². The summed E-state index contributed by atoms with van der Waals surface area (Å²) in [6.07, 6.45) is 1.95. The van der Waals surface area contributed by atoms with E-state index in [0.717, 1.165) is 22.9 Å². The maximum atomic E-state index is 11.5. The molecule has 15 heavy (non-hydrogen) atoms. The Morgan fingerprint density at radius 1 is 1.47 bits per heavy atom. The average molecular weight is 271 g/mol. The first-order valence-electron chi connectivity index (χ1n) is 5.08. The standard InChI is InChI=1S/C12H15BrO2/c1-3-4-7-15-12(14)10-5-6-11(13)9(2)8-10/h5-6,8H,3-4,7H2,1-2H3. The van der Waals surface area contributed by atoms with E-state index in [4.69, 9.17) is 4.74 Å². The number of hydrogen-bond acceptors (Lipinski definition) is 2. The second-order valence-electron chi connectivity index (χ2n) is 3.45. The summed E-state index contributed by atoms with van der Waals surface area (Å²) >= 11 is 3.39. The van der Waals surface area contributed by atoms with E-state index in [1.807, 2.05) is 19.1 Å². The molecule has 0 spiro atoms. The smallest absolute Gasteiger partial charge is 0.338 e. The van der Waals surface area contributed by atoms with Crippen LogP contribution in [0.1, 0.15) is 35.7 Å². The number of halogens is 1. The van der Waals surface area contributed by atoms with Crippen LogP contribution >= 0.6 is 15.9 Å². The molecule has 2 nitrogen and oxygen atoms in total. The molecule has 0 aliphatic rings. The molecule has 0 saturated carbocycles. The molecular formula is C12H15BrO2. The molecule has 1 aromatic carbocycles. The largest absolute Gasteiger partial charge is 0.462 e. The van der Waals surface area contributed by atoms with Crippen molar-refractivity contribution in [2.75, 3.05) is 6.61 Å². The third-order valence-electron chi connectivity index (χ3n) is 2.12. The maximum Gasteiger partial charge on any atom is 0.338 e. The van der Waals surface area contributed by atoms with Crippen LogP contribution in [-0.2, 0) is 4.74 Å². The number of rotatable bonds is 4. The first-order chi connectivity index (χ1) is 7.15. The van der Waals surface area contributed by atoms with Gasteiger partial charge in [0.2, 0.25) is 0 Å². The third kappa shape index (κ3) is 3.67. The zero-order valence-corrected chi connectivity index (χ0v) is 10.6. The summed E-state index contributed by atoms with van der Waals surface area (Å²) in [6, 6.07) is 5.47. The van der Waals surface area contributed by atoms with E-state index in [9.17, 15) is 4.79 Å². The van der Waals surface area contributed by atoms with E-state index in [-0.39, 0.29) is 5.97 Å². The van der Waals surface area contributed by atoms with Gasteiger partial charge in [-0.25, -0.2) is 4.79 Å². The van der Waals surface area contributed by atoms with Crippen LogP contribution in [0.5, 0.6) is 0 Å². The molecule has 0 amide bonds. The summed E-state index contributed by atoms with van der Waals surface area (Å²) < 4.78 is 6.12. The molecule has 0 heterocycles. The fourth-order valence-corrected chi connectivity index (χ4v) is 1.41. The minimum Gasteiger partial charge on any atom is -0.462 e. The van der Waals surface area contributed by atoms with Gasteiger partial charge in [0.15, 0.2) is 0 Å².